The second-order valence-electron chi connectivity index (χ2n) is 9.95. The zero-order chi connectivity index (χ0) is 26.0. The number of nitrogens with one attached hydrogen (secondary N) is 1. The van der Waals surface area contributed by atoms with Crippen molar-refractivity contribution < 1.29 is 19.8 Å². The Morgan fingerprint density at radius 1 is 1.22 bits per heavy atom. The van der Waals surface area contributed by atoms with Crippen LogP contribution in [0.2, 0.25) is 0 Å². The number of amides is 2. The summed E-state index contributed by atoms with van der Waals surface area (Å²) in [6, 6.07) is 13.9. The molecule has 0 radical (unpaired) electrons. The smallest absolute Gasteiger partial charge is 0.254 e. The predicted octanol–water partition coefficient (Wildman–Crippen LogP) is 3.19. The van der Waals surface area contributed by atoms with Gasteiger partial charge < -0.3 is 25.3 Å². The summed E-state index contributed by atoms with van der Waals surface area (Å²) in [6.07, 6.45) is 1.13. The van der Waals surface area contributed by atoms with E-state index in [2.05, 4.69) is 5.32 Å². The number of phenolic OH excluding ortho intramolecular Hbond substituents is 1. The number of β-lactam (4-membered cyclic amide) rings is 1. The van der Waals surface area contributed by atoms with Crippen molar-refractivity contribution in [1.29, 1.82) is 0 Å². The van der Waals surface area contributed by atoms with E-state index in [4.69, 9.17) is 0 Å². The van der Waals surface area contributed by atoms with Gasteiger partial charge in [0.15, 0.2) is 0 Å². The maximum Gasteiger partial charge on any atom is 0.254 e. The third kappa shape index (κ3) is 5.03. The lowest BCUT2D eigenvalue weighted by molar-refractivity contribution is -0.166. The molecule has 0 spiro atoms. The van der Waals surface area contributed by atoms with Crippen LogP contribution < -0.4 is 5.32 Å². The Labute approximate surface area is 217 Å². The topological polar surface area (TPSA) is 93.1 Å². The molecule has 2 saturated heterocycles. The molecule has 4 atom stereocenters. The molecule has 2 aliphatic rings. The number of likely N-dealkylation sites (tertiary alicyclic amines) is 1. The van der Waals surface area contributed by atoms with Gasteiger partial charge in [-0.3, -0.25) is 9.59 Å². The fourth-order valence-corrected chi connectivity index (χ4v) is 6.26. The Kier molecular flexibility index (Phi) is 7.78. The van der Waals surface area contributed by atoms with Gasteiger partial charge in [-0.25, -0.2) is 0 Å². The highest BCUT2D eigenvalue weighted by Crippen LogP contribution is 2.50. The van der Waals surface area contributed by atoms with Crippen LogP contribution in [-0.4, -0.2) is 67.3 Å². The van der Waals surface area contributed by atoms with Gasteiger partial charge in [-0.1, -0.05) is 54.1 Å². The fourth-order valence-electron chi connectivity index (χ4n) is 4.87. The number of aromatic hydroxyl groups is 1. The molecule has 36 heavy (non-hydrogen) atoms. The second-order valence-corrected chi connectivity index (χ2v) is 11.3. The molecule has 3 N–H and O–H groups in total. The molecule has 2 aromatic rings. The van der Waals surface area contributed by atoms with Crippen LogP contribution in [0.3, 0.4) is 0 Å². The van der Waals surface area contributed by atoms with Gasteiger partial charge in [0.25, 0.3) is 5.91 Å². The number of aliphatic hydroxyl groups excluding tert-OH is 1. The summed E-state index contributed by atoms with van der Waals surface area (Å²) in [5, 5.41) is 24.7. The normalized spacial score (nSPS) is 22.6. The van der Waals surface area contributed by atoms with Crippen LogP contribution in [0, 0.1) is 6.92 Å². The van der Waals surface area contributed by atoms with Crippen LogP contribution in [0.25, 0.3) is 0 Å². The third-order valence-corrected chi connectivity index (χ3v) is 8.66. The van der Waals surface area contributed by atoms with Gasteiger partial charge in [0.05, 0.1) is 5.88 Å². The van der Waals surface area contributed by atoms with E-state index in [0.29, 0.717) is 25.4 Å². The lowest BCUT2D eigenvalue weighted by Crippen LogP contribution is -2.73. The molecule has 2 aromatic carbocycles. The first kappa shape index (κ1) is 26.3. The predicted molar refractivity (Wildman–Crippen MR) is 142 cm³/mol. The number of carbonyl (C=O) groups excluding carboxylic acids is 2. The van der Waals surface area contributed by atoms with Gasteiger partial charge in [0.2, 0.25) is 5.91 Å². The van der Waals surface area contributed by atoms with Gasteiger partial charge in [-0.15, -0.1) is 11.8 Å². The molecule has 2 aliphatic heterocycles. The first-order valence-corrected chi connectivity index (χ1v) is 13.2. The summed E-state index contributed by atoms with van der Waals surface area (Å²) in [4.78, 5) is 29.4. The average molecular weight is 510 g/mol. The summed E-state index contributed by atoms with van der Waals surface area (Å²) < 4.78 is 0. The summed E-state index contributed by atoms with van der Waals surface area (Å²) in [5.74, 6) is 0.0498. The molecule has 192 valence electrons. The van der Waals surface area contributed by atoms with E-state index in [1.807, 2.05) is 70.2 Å². The molecule has 0 aromatic heterocycles. The highest BCUT2D eigenvalue weighted by atomic mass is 32.2. The van der Waals surface area contributed by atoms with E-state index < -0.39 is 29.0 Å². The number of phenols is 1. The van der Waals surface area contributed by atoms with E-state index >= 15 is 0 Å². The molecule has 2 heterocycles. The van der Waals surface area contributed by atoms with E-state index in [-0.39, 0.29) is 11.7 Å². The molecule has 7 nitrogen and oxygen atoms in total. The van der Waals surface area contributed by atoms with Crippen LogP contribution >= 0.6 is 11.8 Å². The average Bonchev–Trinajstić information content (AvgIpc) is 3.16. The first-order chi connectivity index (χ1) is 17.1. The molecule has 0 saturated carbocycles. The number of rotatable bonds is 9. The van der Waals surface area contributed by atoms with Gasteiger partial charge in [0, 0.05) is 19.1 Å². The van der Waals surface area contributed by atoms with E-state index in [1.165, 1.54) is 4.90 Å². The van der Waals surface area contributed by atoms with Crippen molar-refractivity contribution in [1.82, 2.24) is 15.1 Å². The minimum absolute atomic E-state index is 0.0801. The van der Waals surface area contributed by atoms with Crippen molar-refractivity contribution in [2.45, 2.75) is 63.7 Å². The fraction of sp³-hybridized carbons (Fsp3) is 0.429. The van der Waals surface area contributed by atoms with E-state index in [9.17, 15) is 19.8 Å². The molecule has 4 rings (SSSR count). The standard InChI is InChI=1S/C28H35N3O4S/c1-18(2)13-14-31-27(35)25-28(31,4)36-17-30(25)26(34)24(33)22(15-20-9-6-5-7-10-20)29-16-21-11-8-12-23(32)19(21)3/h5-13,22,24-25,29,32-33H,14-17H2,1-4H3/t22-,24-,25+,28?/m0/s1. The van der Waals surface area contributed by atoms with Crippen LogP contribution in [0.4, 0.5) is 0 Å². The Morgan fingerprint density at radius 3 is 2.64 bits per heavy atom. The van der Waals surface area contributed by atoms with Gasteiger partial charge in [-0.2, -0.15) is 0 Å². The number of fused-ring (bicyclic) bond motifs is 1. The SMILES string of the molecule is CC(C)=CCN1C(=O)[C@H]2N(C(=O)[C@@H](O)[C@H](Cc3ccccc3)NCc3cccc(O)c3C)CSC21C. The number of allylic oxidation sites excluding steroid dienone is 1. The second kappa shape index (κ2) is 10.7. The molecule has 8 heteroatoms. The molecule has 0 aliphatic carbocycles. The maximum absolute atomic E-state index is 13.6. The van der Waals surface area contributed by atoms with Crippen molar-refractivity contribution in [3.05, 3.63) is 76.9 Å². The first-order valence-electron chi connectivity index (χ1n) is 12.3. The highest BCUT2D eigenvalue weighted by molar-refractivity contribution is 8.01. The molecule has 2 fully saturated rings. The number of aliphatic hydroxyl groups is 1. The number of hydrogen-bond acceptors (Lipinski definition) is 6. The molecule has 2 amide bonds. The number of hydrogen-bond donors (Lipinski definition) is 3. The quantitative estimate of drug-likeness (QED) is 0.355. The third-order valence-electron chi connectivity index (χ3n) is 7.22. The molecule has 0 bridgehead atoms. The Hall–Kier alpha value is -2.81. The van der Waals surface area contributed by atoms with E-state index in [1.54, 1.807) is 28.8 Å². The number of benzene rings is 2. The van der Waals surface area contributed by atoms with Crippen molar-refractivity contribution in [2.75, 3.05) is 12.4 Å². The Balaban J connectivity index is 1.51. The van der Waals surface area contributed by atoms with Crippen molar-refractivity contribution in [3.63, 3.8) is 0 Å². The van der Waals surface area contributed by atoms with Crippen LogP contribution in [0.1, 0.15) is 37.5 Å². The Morgan fingerprint density at radius 2 is 1.94 bits per heavy atom. The largest absolute Gasteiger partial charge is 0.508 e. The van der Waals surface area contributed by atoms with Crippen molar-refractivity contribution in [2.24, 2.45) is 0 Å². The highest BCUT2D eigenvalue weighted by Gasteiger charge is 2.65. The van der Waals surface area contributed by atoms with Crippen LogP contribution in [0.5, 0.6) is 5.75 Å². The maximum atomic E-state index is 13.6. The molecular formula is C28H35N3O4S. The van der Waals surface area contributed by atoms with Crippen LogP contribution in [-0.2, 0) is 22.6 Å². The van der Waals surface area contributed by atoms with Gasteiger partial charge in [-0.05, 0) is 56.9 Å². The monoisotopic (exact) mass is 509 g/mol. The van der Waals surface area contributed by atoms with Crippen molar-refractivity contribution in [3.8, 4) is 5.75 Å². The summed E-state index contributed by atoms with van der Waals surface area (Å²) in [5.41, 5.74) is 3.77. The number of carbonyl (C=O) groups is 2. The van der Waals surface area contributed by atoms with E-state index in [0.717, 1.165) is 22.3 Å². The lowest BCUT2D eigenvalue weighted by Gasteiger charge is -2.52. The zero-order valence-corrected chi connectivity index (χ0v) is 22.1. The zero-order valence-electron chi connectivity index (χ0n) is 21.3. The minimum atomic E-state index is -1.33. The number of thioether (sulfide) groups is 1. The number of nitrogens with zero attached hydrogens (tertiary/aromatic N) is 2. The van der Waals surface area contributed by atoms with Gasteiger partial charge in [0.1, 0.15) is 22.8 Å². The summed E-state index contributed by atoms with van der Waals surface area (Å²) in [6.45, 7) is 8.73. The molecule has 1 unspecified atom stereocenters. The van der Waals surface area contributed by atoms with Crippen molar-refractivity contribution >= 4 is 23.6 Å². The van der Waals surface area contributed by atoms with Crippen LogP contribution in [0.15, 0.2) is 60.2 Å². The van der Waals surface area contributed by atoms with Gasteiger partial charge >= 0.3 is 0 Å². The summed E-state index contributed by atoms with van der Waals surface area (Å²) >= 11 is 1.56. The minimum Gasteiger partial charge on any atom is -0.508 e. The summed E-state index contributed by atoms with van der Waals surface area (Å²) in [7, 11) is 0. The Bertz CT molecular complexity index is 1150. The lowest BCUT2D eigenvalue weighted by atomic mass is 9.92. The molecular weight excluding hydrogens is 474 g/mol.